The van der Waals surface area contributed by atoms with Crippen molar-refractivity contribution in [1.29, 1.82) is 0 Å². The molecular weight excluding hydrogens is 394 g/mol. The van der Waals surface area contributed by atoms with Crippen LogP contribution in [0.1, 0.15) is 28.2 Å². The average molecular weight is 420 g/mol. The molecule has 2 heterocycles. The number of ether oxygens (including phenoxy) is 3. The zero-order valence-corrected chi connectivity index (χ0v) is 17.8. The molecule has 2 aromatic rings. The smallest absolute Gasteiger partial charge is 0.279 e. The molecule has 1 atom stereocenters. The highest BCUT2D eigenvalue weighted by Gasteiger charge is 2.24. The Bertz CT molecular complexity index is 959. The van der Waals surface area contributed by atoms with Crippen LogP contribution >= 0.6 is 11.3 Å². The third-order valence-electron chi connectivity index (χ3n) is 4.72. The number of hydrogen-bond donors (Lipinski definition) is 0. The van der Waals surface area contributed by atoms with Gasteiger partial charge in [-0.2, -0.15) is 4.99 Å². The van der Waals surface area contributed by atoms with Crippen LogP contribution < -0.4 is 14.3 Å². The summed E-state index contributed by atoms with van der Waals surface area (Å²) in [5.41, 5.74) is 0.382. The molecule has 2 amide bonds. The lowest BCUT2D eigenvalue weighted by atomic mass is 10.2. The SMILES string of the molecule is COc1ccc(C(=O)N=c2sc(C)cn2[C@@H](C)C(=O)N2CCOCC2)cc1OC. The van der Waals surface area contributed by atoms with Crippen molar-refractivity contribution in [2.45, 2.75) is 19.9 Å². The van der Waals surface area contributed by atoms with E-state index in [1.54, 1.807) is 27.7 Å². The van der Waals surface area contributed by atoms with Gasteiger partial charge >= 0.3 is 0 Å². The van der Waals surface area contributed by atoms with E-state index < -0.39 is 11.9 Å². The molecule has 1 aromatic carbocycles. The number of carbonyl (C=O) groups excluding carboxylic acids is 2. The summed E-state index contributed by atoms with van der Waals surface area (Å²) in [6.07, 6.45) is 1.86. The van der Waals surface area contributed by atoms with Crippen molar-refractivity contribution in [3.63, 3.8) is 0 Å². The van der Waals surface area contributed by atoms with Gasteiger partial charge in [-0.15, -0.1) is 11.3 Å². The summed E-state index contributed by atoms with van der Waals surface area (Å²) in [5.74, 6) is 0.578. The molecule has 29 heavy (non-hydrogen) atoms. The molecule has 0 aliphatic carbocycles. The van der Waals surface area contributed by atoms with Crippen molar-refractivity contribution in [2.24, 2.45) is 4.99 Å². The molecule has 3 rings (SSSR count). The fourth-order valence-electron chi connectivity index (χ4n) is 3.12. The minimum absolute atomic E-state index is 0.00823. The van der Waals surface area contributed by atoms with Crippen LogP contribution in [-0.4, -0.2) is 61.8 Å². The zero-order chi connectivity index (χ0) is 21.0. The lowest BCUT2D eigenvalue weighted by Crippen LogP contribution is -2.44. The van der Waals surface area contributed by atoms with E-state index in [1.807, 2.05) is 20.0 Å². The van der Waals surface area contributed by atoms with Gasteiger partial charge in [0, 0.05) is 29.7 Å². The standard InChI is InChI=1S/C20H25N3O5S/c1-13-12-23(14(2)19(25)22-7-9-28-10-8-22)20(29-13)21-18(24)15-5-6-16(26-3)17(11-15)27-4/h5-6,11-12,14H,7-10H2,1-4H3/t14-/m0/s1. The summed E-state index contributed by atoms with van der Waals surface area (Å²) in [5, 5.41) is 0. The van der Waals surface area contributed by atoms with Crippen molar-refractivity contribution < 1.29 is 23.8 Å². The van der Waals surface area contributed by atoms with Crippen LogP contribution in [-0.2, 0) is 9.53 Å². The maximum Gasteiger partial charge on any atom is 0.279 e. The second-order valence-corrected chi connectivity index (χ2v) is 7.85. The first kappa shape index (κ1) is 21.1. The second kappa shape index (κ2) is 9.23. The van der Waals surface area contributed by atoms with Gasteiger partial charge in [0.05, 0.1) is 27.4 Å². The molecule has 0 spiro atoms. The summed E-state index contributed by atoms with van der Waals surface area (Å²) in [6, 6.07) is 4.44. The molecule has 0 unspecified atom stereocenters. The van der Waals surface area contributed by atoms with Gasteiger partial charge in [0.1, 0.15) is 6.04 Å². The molecule has 0 bridgehead atoms. The Hall–Kier alpha value is -2.65. The van der Waals surface area contributed by atoms with Crippen molar-refractivity contribution in [3.8, 4) is 11.5 Å². The maximum atomic E-state index is 12.9. The van der Waals surface area contributed by atoms with Crippen molar-refractivity contribution in [3.05, 3.63) is 39.6 Å². The fourth-order valence-corrected chi connectivity index (χ4v) is 4.02. The summed E-state index contributed by atoms with van der Waals surface area (Å²) in [7, 11) is 3.05. The van der Waals surface area contributed by atoms with Gasteiger partial charge in [0.2, 0.25) is 5.91 Å². The molecule has 9 heteroatoms. The first-order valence-electron chi connectivity index (χ1n) is 9.30. The van der Waals surface area contributed by atoms with Crippen LogP contribution in [0, 0.1) is 6.92 Å². The van der Waals surface area contributed by atoms with Crippen LogP contribution in [0.5, 0.6) is 11.5 Å². The summed E-state index contributed by atoms with van der Waals surface area (Å²) < 4.78 is 17.5. The molecule has 0 saturated carbocycles. The number of morpholine rings is 1. The predicted molar refractivity (Wildman–Crippen MR) is 109 cm³/mol. The normalized spacial score (nSPS) is 15.9. The summed E-state index contributed by atoms with van der Waals surface area (Å²) >= 11 is 1.37. The Morgan fingerprint density at radius 1 is 1.17 bits per heavy atom. The topological polar surface area (TPSA) is 82.4 Å². The first-order valence-corrected chi connectivity index (χ1v) is 10.1. The van der Waals surface area contributed by atoms with Crippen LogP contribution in [0.4, 0.5) is 0 Å². The van der Waals surface area contributed by atoms with E-state index >= 15 is 0 Å². The quantitative estimate of drug-likeness (QED) is 0.741. The van der Waals surface area contributed by atoms with E-state index in [-0.39, 0.29) is 5.91 Å². The molecule has 1 fully saturated rings. The molecule has 0 radical (unpaired) electrons. The van der Waals surface area contributed by atoms with E-state index in [0.717, 1.165) is 4.88 Å². The number of benzene rings is 1. The van der Waals surface area contributed by atoms with Gasteiger partial charge in [-0.25, -0.2) is 0 Å². The van der Waals surface area contributed by atoms with Crippen LogP contribution in [0.25, 0.3) is 0 Å². The van der Waals surface area contributed by atoms with Crippen molar-refractivity contribution in [1.82, 2.24) is 9.47 Å². The number of carbonyl (C=O) groups is 2. The molecule has 156 valence electrons. The predicted octanol–water partition coefficient (Wildman–Crippen LogP) is 2.04. The largest absolute Gasteiger partial charge is 0.493 e. The Morgan fingerprint density at radius 2 is 1.86 bits per heavy atom. The molecule has 1 saturated heterocycles. The van der Waals surface area contributed by atoms with Gasteiger partial charge in [-0.05, 0) is 32.0 Å². The number of hydrogen-bond acceptors (Lipinski definition) is 6. The van der Waals surface area contributed by atoms with Crippen LogP contribution in [0.15, 0.2) is 29.4 Å². The van der Waals surface area contributed by atoms with Gasteiger partial charge in [-0.1, -0.05) is 0 Å². The number of nitrogens with zero attached hydrogens (tertiary/aromatic N) is 3. The molecule has 0 N–H and O–H groups in total. The lowest BCUT2D eigenvalue weighted by Gasteiger charge is -2.29. The minimum Gasteiger partial charge on any atom is -0.493 e. The number of thiazole rings is 1. The highest BCUT2D eigenvalue weighted by Crippen LogP contribution is 2.27. The van der Waals surface area contributed by atoms with E-state index in [9.17, 15) is 9.59 Å². The van der Waals surface area contributed by atoms with Crippen molar-refractivity contribution >= 4 is 23.2 Å². The van der Waals surface area contributed by atoms with E-state index in [0.29, 0.717) is 48.2 Å². The Labute approximate surface area is 173 Å². The number of rotatable bonds is 5. The minimum atomic E-state index is -0.463. The number of aryl methyl sites for hydroxylation is 1. The second-order valence-electron chi connectivity index (χ2n) is 6.63. The Balaban J connectivity index is 1.90. The number of aromatic nitrogens is 1. The molecule has 1 aromatic heterocycles. The Morgan fingerprint density at radius 3 is 2.52 bits per heavy atom. The van der Waals surface area contributed by atoms with Gasteiger partial charge in [-0.3, -0.25) is 9.59 Å². The van der Waals surface area contributed by atoms with Gasteiger partial charge in [0.15, 0.2) is 16.3 Å². The van der Waals surface area contributed by atoms with Crippen LogP contribution in [0.2, 0.25) is 0 Å². The van der Waals surface area contributed by atoms with E-state index in [4.69, 9.17) is 14.2 Å². The zero-order valence-electron chi connectivity index (χ0n) is 17.0. The molecule has 1 aliphatic heterocycles. The third-order valence-corrected chi connectivity index (χ3v) is 5.63. The molecular formula is C20H25N3O5S. The number of methoxy groups -OCH3 is 2. The lowest BCUT2D eigenvalue weighted by molar-refractivity contribution is -0.138. The fraction of sp³-hybridized carbons (Fsp3) is 0.450. The monoisotopic (exact) mass is 419 g/mol. The highest BCUT2D eigenvalue weighted by molar-refractivity contribution is 7.09. The average Bonchev–Trinajstić information content (AvgIpc) is 3.12. The third kappa shape index (κ3) is 4.68. The van der Waals surface area contributed by atoms with E-state index in [2.05, 4.69) is 4.99 Å². The molecule has 8 nitrogen and oxygen atoms in total. The van der Waals surface area contributed by atoms with Gasteiger partial charge < -0.3 is 23.7 Å². The molecule has 1 aliphatic rings. The maximum absolute atomic E-state index is 12.9. The number of amides is 2. The highest BCUT2D eigenvalue weighted by atomic mass is 32.1. The first-order chi connectivity index (χ1) is 13.9. The summed E-state index contributed by atoms with van der Waals surface area (Å²) in [6.45, 7) is 5.98. The Kier molecular flexibility index (Phi) is 6.71. The van der Waals surface area contributed by atoms with Gasteiger partial charge in [0.25, 0.3) is 5.91 Å². The van der Waals surface area contributed by atoms with Crippen LogP contribution in [0.3, 0.4) is 0 Å². The van der Waals surface area contributed by atoms with E-state index in [1.165, 1.54) is 25.6 Å². The summed E-state index contributed by atoms with van der Waals surface area (Å²) in [4.78, 5) is 33.1. The van der Waals surface area contributed by atoms with Crippen molar-refractivity contribution in [2.75, 3.05) is 40.5 Å².